The Morgan fingerprint density at radius 2 is 2.00 bits per heavy atom. The van der Waals surface area contributed by atoms with E-state index in [-0.39, 0.29) is 5.56 Å². The normalized spacial score (nSPS) is 12.2. The zero-order chi connectivity index (χ0) is 15.1. The molecule has 0 aromatic heterocycles. The van der Waals surface area contributed by atoms with E-state index in [9.17, 15) is 9.90 Å². The second-order valence-corrected chi connectivity index (χ2v) is 5.65. The maximum absolute atomic E-state index is 11.1. The van der Waals surface area contributed by atoms with Crippen molar-refractivity contribution in [1.29, 1.82) is 0 Å². The summed E-state index contributed by atoms with van der Waals surface area (Å²) in [6, 6.07) is 5.58. The lowest BCUT2D eigenvalue weighted by Gasteiger charge is -2.21. The first-order valence-electron chi connectivity index (χ1n) is 7.51. The van der Waals surface area contributed by atoms with E-state index in [2.05, 4.69) is 13.8 Å². The first kappa shape index (κ1) is 16.5. The molecular formula is C17H26NO2-. The lowest BCUT2D eigenvalue weighted by atomic mass is 9.91. The highest BCUT2D eigenvalue weighted by atomic mass is 16.4. The van der Waals surface area contributed by atoms with Gasteiger partial charge < -0.3 is 14.8 Å². The standard InChI is InChI=1S/C17H27NO2/c1-5-7-8-13(6-2)11-14-9-10-15(17(19)20)16(12-14)18(3)4/h9-10,12-13H,5-8,11H2,1-4H3,(H,19,20)/p-1. The van der Waals surface area contributed by atoms with Crippen LogP contribution in [-0.2, 0) is 6.42 Å². The van der Waals surface area contributed by atoms with E-state index in [0.717, 1.165) is 12.1 Å². The van der Waals surface area contributed by atoms with E-state index in [1.54, 1.807) is 6.07 Å². The Morgan fingerprint density at radius 1 is 1.30 bits per heavy atom. The predicted molar refractivity (Wildman–Crippen MR) is 82.1 cm³/mol. The largest absolute Gasteiger partial charge is 0.545 e. The van der Waals surface area contributed by atoms with Crippen LogP contribution in [0, 0.1) is 5.92 Å². The Labute approximate surface area is 122 Å². The average molecular weight is 276 g/mol. The minimum absolute atomic E-state index is 0.264. The van der Waals surface area contributed by atoms with E-state index < -0.39 is 5.97 Å². The molecule has 0 radical (unpaired) electrons. The number of carbonyl (C=O) groups is 1. The lowest BCUT2D eigenvalue weighted by Crippen LogP contribution is -2.25. The predicted octanol–water partition coefficient (Wildman–Crippen LogP) is 2.88. The molecule has 0 amide bonds. The van der Waals surface area contributed by atoms with Crippen LogP contribution in [0.5, 0.6) is 0 Å². The van der Waals surface area contributed by atoms with Gasteiger partial charge in [-0.1, -0.05) is 51.7 Å². The zero-order valence-electron chi connectivity index (χ0n) is 13.1. The van der Waals surface area contributed by atoms with Crippen LogP contribution in [0.25, 0.3) is 0 Å². The van der Waals surface area contributed by atoms with E-state index in [4.69, 9.17) is 0 Å². The molecule has 0 fully saturated rings. The fraction of sp³-hybridized carbons (Fsp3) is 0.588. The Kier molecular flexibility index (Phi) is 6.56. The van der Waals surface area contributed by atoms with Gasteiger partial charge in [0.1, 0.15) is 0 Å². The summed E-state index contributed by atoms with van der Waals surface area (Å²) in [6.45, 7) is 4.44. The molecule has 0 saturated heterocycles. The molecule has 1 atom stereocenters. The van der Waals surface area contributed by atoms with Gasteiger partial charge in [0.05, 0.1) is 5.97 Å². The molecular weight excluding hydrogens is 250 g/mol. The zero-order valence-corrected chi connectivity index (χ0v) is 13.1. The van der Waals surface area contributed by atoms with Crippen molar-refractivity contribution < 1.29 is 9.90 Å². The number of aromatic carboxylic acids is 1. The Morgan fingerprint density at radius 3 is 2.50 bits per heavy atom. The minimum atomic E-state index is -1.11. The van der Waals surface area contributed by atoms with Crippen LogP contribution in [0.4, 0.5) is 5.69 Å². The van der Waals surface area contributed by atoms with E-state index in [0.29, 0.717) is 5.92 Å². The van der Waals surface area contributed by atoms with Gasteiger partial charge in [-0.15, -0.1) is 0 Å². The van der Waals surface area contributed by atoms with Gasteiger partial charge in [-0.2, -0.15) is 0 Å². The fourth-order valence-corrected chi connectivity index (χ4v) is 2.52. The highest BCUT2D eigenvalue weighted by Crippen LogP contribution is 2.24. The number of anilines is 1. The molecule has 0 saturated carbocycles. The first-order chi connectivity index (χ1) is 9.49. The van der Waals surface area contributed by atoms with Crippen molar-refractivity contribution in [2.45, 2.75) is 46.0 Å². The third-order valence-corrected chi connectivity index (χ3v) is 3.83. The number of hydrogen-bond acceptors (Lipinski definition) is 3. The molecule has 0 aliphatic carbocycles. The number of unbranched alkanes of at least 4 members (excludes halogenated alkanes) is 1. The second-order valence-electron chi connectivity index (χ2n) is 5.65. The molecule has 1 rings (SSSR count). The highest BCUT2D eigenvalue weighted by Gasteiger charge is 2.11. The van der Waals surface area contributed by atoms with Crippen molar-refractivity contribution >= 4 is 11.7 Å². The molecule has 20 heavy (non-hydrogen) atoms. The van der Waals surface area contributed by atoms with Gasteiger partial charge in [-0.05, 0) is 24.0 Å². The number of rotatable bonds is 8. The molecule has 3 nitrogen and oxygen atoms in total. The molecule has 0 spiro atoms. The second kappa shape index (κ2) is 7.93. The smallest absolute Gasteiger partial charge is 0.0736 e. The number of carboxylic acids is 1. The van der Waals surface area contributed by atoms with Crippen LogP contribution in [0.15, 0.2) is 18.2 Å². The number of hydrogen-bond donors (Lipinski definition) is 0. The quantitative estimate of drug-likeness (QED) is 0.733. The summed E-state index contributed by atoms with van der Waals surface area (Å²) in [7, 11) is 3.72. The third kappa shape index (κ3) is 4.55. The fourth-order valence-electron chi connectivity index (χ4n) is 2.52. The Balaban J connectivity index is 2.91. The van der Waals surface area contributed by atoms with Crippen LogP contribution in [-0.4, -0.2) is 20.1 Å². The molecule has 1 unspecified atom stereocenters. The summed E-state index contributed by atoms with van der Waals surface area (Å²) in [6.07, 6.45) is 5.91. The topological polar surface area (TPSA) is 43.4 Å². The van der Waals surface area contributed by atoms with Gasteiger partial charge in [0.25, 0.3) is 0 Å². The summed E-state index contributed by atoms with van der Waals surface area (Å²) < 4.78 is 0. The number of benzene rings is 1. The number of nitrogens with zero attached hydrogens (tertiary/aromatic N) is 1. The van der Waals surface area contributed by atoms with Crippen LogP contribution in [0.1, 0.15) is 55.5 Å². The van der Waals surface area contributed by atoms with E-state index >= 15 is 0 Å². The number of carboxylic acid groups (broad SMARTS) is 1. The summed E-state index contributed by atoms with van der Waals surface area (Å²) in [5.74, 6) is -0.433. The molecule has 3 heteroatoms. The van der Waals surface area contributed by atoms with Crippen molar-refractivity contribution in [2.75, 3.05) is 19.0 Å². The molecule has 0 aliphatic rings. The summed E-state index contributed by atoms with van der Waals surface area (Å²) >= 11 is 0. The van der Waals surface area contributed by atoms with Crippen LogP contribution < -0.4 is 10.0 Å². The molecule has 0 bridgehead atoms. The van der Waals surface area contributed by atoms with Crippen molar-refractivity contribution in [2.24, 2.45) is 5.92 Å². The third-order valence-electron chi connectivity index (χ3n) is 3.83. The minimum Gasteiger partial charge on any atom is -0.545 e. The van der Waals surface area contributed by atoms with Gasteiger partial charge in [-0.25, -0.2) is 0 Å². The van der Waals surface area contributed by atoms with Crippen molar-refractivity contribution in [1.82, 2.24) is 0 Å². The SMILES string of the molecule is CCCCC(CC)Cc1ccc(C(=O)[O-])c(N(C)C)c1. The molecule has 0 heterocycles. The van der Waals surface area contributed by atoms with Crippen molar-refractivity contribution in [3.05, 3.63) is 29.3 Å². The molecule has 0 aliphatic heterocycles. The average Bonchev–Trinajstić information content (AvgIpc) is 2.42. The molecule has 1 aromatic carbocycles. The van der Waals surface area contributed by atoms with Crippen molar-refractivity contribution in [3.63, 3.8) is 0 Å². The lowest BCUT2D eigenvalue weighted by molar-refractivity contribution is -0.254. The van der Waals surface area contributed by atoms with Crippen LogP contribution >= 0.6 is 0 Å². The maximum atomic E-state index is 11.1. The van der Waals surface area contributed by atoms with Crippen molar-refractivity contribution in [3.8, 4) is 0 Å². The first-order valence-corrected chi connectivity index (χ1v) is 7.51. The maximum Gasteiger partial charge on any atom is 0.0736 e. The van der Waals surface area contributed by atoms with Gasteiger partial charge in [0.2, 0.25) is 0 Å². The monoisotopic (exact) mass is 276 g/mol. The van der Waals surface area contributed by atoms with Gasteiger partial charge in [0.15, 0.2) is 0 Å². The molecule has 0 N–H and O–H groups in total. The summed E-state index contributed by atoms with van der Waals surface area (Å²) in [5.41, 5.74) is 2.20. The van der Waals surface area contributed by atoms with Crippen LogP contribution in [0.2, 0.25) is 0 Å². The van der Waals surface area contributed by atoms with Crippen LogP contribution in [0.3, 0.4) is 0 Å². The number of carbonyl (C=O) groups excluding carboxylic acids is 1. The van der Waals surface area contributed by atoms with E-state index in [1.807, 2.05) is 31.1 Å². The molecule has 1 aromatic rings. The Bertz CT molecular complexity index is 441. The van der Waals surface area contributed by atoms with E-state index in [1.165, 1.54) is 31.2 Å². The van der Waals surface area contributed by atoms with Gasteiger partial charge in [-0.3, -0.25) is 0 Å². The van der Waals surface area contributed by atoms with Gasteiger partial charge in [0, 0.05) is 25.3 Å². The Hall–Kier alpha value is -1.51. The van der Waals surface area contributed by atoms with Gasteiger partial charge >= 0.3 is 0 Å². The summed E-state index contributed by atoms with van der Waals surface area (Å²) in [5, 5.41) is 11.1. The molecule has 112 valence electrons. The highest BCUT2D eigenvalue weighted by molar-refractivity contribution is 5.93. The summed E-state index contributed by atoms with van der Waals surface area (Å²) in [4.78, 5) is 13.0.